The van der Waals surface area contributed by atoms with E-state index in [-0.39, 0.29) is 17.9 Å². The lowest BCUT2D eigenvalue weighted by molar-refractivity contribution is -0.121. The summed E-state index contributed by atoms with van der Waals surface area (Å²) < 4.78 is 0. The molecule has 1 heterocycles. The highest BCUT2D eigenvalue weighted by molar-refractivity contribution is 5.97. The van der Waals surface area contributed by atoms with Crippen molar-refractivity contribution in [1.82, 2.24) is 0 Å². The molecule has 1 aliphatic heterocycles. The number of hydrogen-bond acceptors (Lipinski definition) is 2. The number of nitrogens with two attached hydrogens (primary N) is 1. The maximum atomic E-state index is 12.7. The molecule has 2 N–H and O–H groups in total. The fourth-order valence-corrected chi connectivity index (χ4v) is 3.12. The number of carbonyl (C=O) groups excluding carboxylic acids is 1. The predicted molar refractivity (Wildman–Crippen MR) is 76.9 cm³/mol. The standard InChI is InChI=1S/C16H20N2O/c1-11-8-12-4-2-3-5-15(12)18(10-11)16(19)13-6-7-14(17)9-13/h2-7,11,13-14H,8-10,17H2,1H3. The number of amides is 1. The molecular formula is C16H20N2O. The summed E-state index contributed by atoms with van der Waals surface area (Å²) in [4.78, 5) is 14.6. The lowest BCUT2D eigenvalue weighted by Crippen LogP contribution is -2.42. The molecular weight excluding hydrogens is 236 g/mol. The number of carbonyl (C=O) groups is 1. The first-order chi connectivity index (χ1) is 9.15. The molecule has 1 aromatic carbocycles. The molecule has 0 bridgehead atoms. The van der Waals surface area contributed by atoms with Gasteiger partial charge in [-0.1, -0.05) is 37.3 Å². The molecule has 3 unspecified atom stereocenters. The Balaban J connectivity index is 1.88. The first kappa shape index (κ1) is 12.4. The van der Waals surface area contributed by atoms with E-state index in [0.29, 0.717) is 5.92 Å². The molecule has 0 saturated heterocycles. The predicted octanol–water partition coefficient (Wildman–Crippen LogP) is 2.12. The summed E-state index contributed by atoms with van der Waals surface area (Å²) in [7, 11) is 0. The Labute approximate surface area is 114 Å². The summed E-state index contributed by atoms with van der Waals surface area (Å²) in [6.07, 6.45) is 5.71. The van der Waals surface area contributed by atoms with Crippen LogP contribution in [0.4, 0.5) is 5.69 Å². The number of para-hydroxylation sites is 1. The van der Waals surface area contributed by atoms with Crippen molar-refractivity contribution >= 4 is 11.6 Å². The van der Waals surface area contributed by atoms with E-state index in [2.05, 4.69) is 19.1 Å². The molecule has 3 atom stereocenters. The molecule has 0 saturated carbocycles. The van der Waals surface area contributed by atoms with Gasteiger partial charge in [-0.2, -0.15) is 0 Å². The molecule has 3 nitrogen and oxygen atoms in total. The minimum Gasteiger partial charge on any atom is -0.324 e. The van der Waals surface area contributed by atoms with E-state index < -0.39 is 0 Å². The Kier molecular flexibility index (Phi) is 3.15. The molecule has 1 aliphatic carbocycles. The summed E-state index contributed by atoms with van der Waals surface area (Å²) in [6.45, 7) is 3.02. The number of anilines is 1. The summed E-state index contributed by atoms with van der Waals surface area (Å²) >= 11 is 0. The van der Waals surface area contributed by atoms with Gasteiger partial charge in [-0.25, -0.2) is 0 Å². The third-order valence-electron chi connectivity index (χ3n) is 4.04. The van der Waals surface area contributed by atoms with Gasteiger partial charge in [0.15, 0.2) is 0 Å². The van der Waals surface area contributed by atoms with Crippen molar-refractivity contribution in [2.24, 2.45) is 17.6 Å². The Hall–Kier alpha value is -1.61. The molecule has 100 valence electrons. The first-order valence-electron chi connectivity index (χ1n) is 6.98. The Bertz CT molecular complexity index is 523. The third kappa shape index (κ3) is 2.30. The van der Waals surface area contributed by atoms with Gasteiger partial charge < -0.3 is 10.6 Å². The summed E-state index contributed by atoms with van der Waals surface area (Å²) in [5.41, 5.74) is 8.22. The van der Waals surface area contributed by atoms with Gasteiger partial charge in [-0.15, -0.1) is 0 Å². The molecule has 19 heavy (non-hydrogen) atoms. The van der Waals surface area contributed by atoms with Gasteiger partial charge in [-0.05, 0) is 30.4 Å². The van der Waals surface area contributed by atoms with Gasteiger partial charge >= 0.3 is 0 Å². The van der Waals surface area contributed by atoms with E-state index in [0.717, 1.165) is 25.1 Å². The molecule has 0 spiro atoms. The SMILES string of the molecule is CC1Cc2ccccc2N(C(=O)C2C=CC(N)C2)C1. The fourth-order valence-electron chi connectivity index (χ4n) is 3.12. The van der Waals surface area contributed by atoms with E-state index in [1.165, 1.54) is 5.56 Å². The van der Waals surface area contributed by atoms with E-state index in [9.17, 15) is 4.79 Å². The van der Waals surface area contributed by atoms with Gasteiger partial charge in [0.25, 0.3) is 0 Å². The monoisotopic (exact) mass is 256 g/mol. The summed E-state index contributed by atoms with van der Waals surface area (Å²) in [5.74, 6) is 0.662. The normalized spacial score (nSPS) is 29.4. The molecule has 0 aromatic heterocycles. The van der Waals surface area contributed by atoms with Gasteiger partial charge in [0.1, 0.15) is 0 Å². The highest BCUT2D eigenvalue weighted by Gasteiger charge is 2.32. The summed E-state index contributed by atoms with van der Waals surface area (Å²) in [6, 6.07) is 8.27. The number of rotatable bonds is 1. The minimum absolute atomic E-state index is 0.0337. The van der Waals surface area contributed by atoms with Gasteiger partial charge in [-0.3, -0.25) is 4.79 Å². The summed E-state index contributed by atoms with van der Waals surface area (Å²) in [5, 5.41) is 0. The molecule has 0 fully saturated rings. The van der Waals surface area contributed by atoms with Crippen LogP contribution in [0.3, 0.4) is 0 Å². The van der Waals surface area contributed by atoms with Gasteiger partial charge in [0, 0.05) is 18.3 Å². The van der Waals surface area contributed by atoms with Crippen LogP contribution in [0.5, 0.6) is 0 Å². The van der Waals surface area contributed by atoms with E-state index in [4.69, 9.17) is 5.73 Å². The van der Waals surface area contributed by atoms with E-state index in [1.54, 1.807) is 0 Å². The van der Waals surface area contributed by atoms with Crippen LogP contribution in [-0.4, -0.2) is 18.5 Å². The highest BCUT2D eigenvalue weighted by Crippen LogP contribution is 2.32. The molecule has 1 amide bonds. The minimum atomic E-state index is -0.0478. The van der Waals surface area contributed by atoms with Crippen LogP contribution in [0.1, 0.15) is 18.9 Å². The van der Waals surface area contributed by atoms with Gasteiger partial charge in [0.05, 0.1) is 5.92 Å². The van der Waals surface area contributed by atoms with E-state index in [1.807, 2.05) is 29.2 Å². The Morgan fingerprint density at radius 2 is 2.11 bits per heavy atom. The maximum absolute atomic E-state index is 12.7. The zero-order valence-electron chi connectivity index (χ0n) is 11.3. The molecule has 3 rings (SSSR count). The van der Waals surface area contributed by atoms with Crippen molar-refractivity contribution in [3.8, 4) is 0 Å². The lowest BCUT2D eigenvalue weighted by atomic mass is 9.92. The second-order valence-corrected chi connectivity index (χ2v) is 5.78. The van der Waals surface area contributed by atoms with Crippen molar-refractivity contribution in [2.75, 3.05) is 11.4 Å². The fraction of sp³-hybridized carbons (Fsp3) is 0.438. The largest absolute Gasteiger partial charge is 0.324 e. The molecule has 0 radical (unpaired) electrons. The number of hydrogen-bond donors (Lipinski definition) is 1. The average Bonchev–Trinajstić information content (AvgIpc) is 2.83. The highest BCUT2D eigenvalue weighted by atomic mass is 16.2. The van der Waals surface area contributed by atoms with Crippen LogP contribution < -0.4 is 10.6 Å². The number of fused-ring (bicyclic) bond motifs is 1. The van der Waals surface area contributed by atoms with Crippen LogP contribution in [0, 0.1) is 11.8 Å². The van der Waals surface area contributed by atoms with Crippen LogP contribution in [-0.2, 0) is 11.2 Å². The zero-order chi connectivity index (χ0) is 13.4. The van der Waals surface area contributed by atoms with Crippen molar-refractivity contribution in [2.45, 2.75) is 25.8 Å². The maximum Gasteiger partial charge on any atom is 0.233 e. The van der Waals surface area contributed by atoms with Crippen molar-refractivity contribution in [1.29, 1.82) is 0 Å². The smallest absolute Gasteiger partial charge is 0.233 e. The number of benzene rings is 1. The molecule has 1 aromatic rings. The van der Waals surface area contributed by atoms with Crippen LogP contribution in [0.25, 0.3) is 0 Å². The topological polar surface area (TPSA) is 46.3 Å². The van der Waals surface area contributed by atoms with Crippen molar-refractivity contribution < 1.29 is 4.79 Å². The zero-order valence-corrected chi connectivity index (χ0v) is 11.3. The van der Waals surface area contributed by atoms with Crippen LogP contribution >= 0.6 is 0 Å². The lowest BCUT2D eigenvalue weighted by Gasteiger charge is -2.34. The number of nitrogens with zero attached hydrogens (tertiary/aromatic N) is 1. The van der Waals surface area contributed by atoms with E-state index >= 15 is 0 Å². The third-order valence-corrected chi connectivity index (χ3v) is 4.04. The quantitative estimate of drug-likeness (QED) is 0.782. The Morgan fingerprint density at radius 3 is 2.84 bits per heavy atom. The Morgan fingerprint density at radius 1 is 1.32 bits per heavy atom. The van der Waals surface area contributed by atoms with Gasteiger partial charge in [0.2, 0.25) is 5.91 Å². The average molecular weight is 256 g/mol. The second-order valence-electron chi connectivity index (χ2n) is 5.78. The van der Waals surface area contributed by atoms with Crippen molar-refractivity contribution in [3.63, 3.8) is 0 Å². The first-order valence-corrected chi connectivity index (χ1v) is 6.98. The van der Waals surface area contributed by atoms with Crippen LogP contribution in [0.15, 0.2) is 36.4 Å². The van der Waals surface area contributed by atoms with Crippen molar-refractivity contribution in [3.05, 3.63) is 42.0 Å². The molecule has 3 heteroatoms. The second kappa shape index (κ2) is 4.82. The van der Waals surface area contributed by atoms with Crippen LogP contribution in [0.2, 0.25) is 0 Å². The molecule has 2 aliphatic rings.